The van der Waals surface area contributed by atoms with Crippen LogP contribution in [0.15, 0.2) is 48.5 Å². The van der Waals surface area contributed by atoms with Gasteiger partial charge in [-0.15, -0.1) is 0 Å². The number of benzene rings is 1. The lowest BCUT2D eigenvalue weighted by Crippen LogP contribution is -2.38. The molecule has 10 nitrogen and oxygen atoms in total. The Morgan fingerprint density at radius 2 is 1.97 bits per heavy atom. The fraction of sp³-hybridized carbons (Fsp3) is 0.296. The largest absolute Gasteiger partial charge is 0.484 e. The second-order valence-electron chi connectivity index (χ2n) is 9.04. The first kappa shape index (κ1) is 25.1. The van der Waals surface area contributed by atoms with E-state index < -0.39 is 11.8 Å². The van der Waals surface area contributed by atoms with Crippen molar-refractivity contribution in [2.75, 3.05) is 13.1 Å². The van der Waals surface area contributed by atoms with Gasteiger partial charge in [0.1, 0.15) is 24.1 Å². The van der Waals surface area contributed by atoms with Crippen molar-refractivity contribution in [1.29, 1.82) is 5.26 Å². The third-order valence-corrected chi connectivity index (χ3v) is 6.43. The number of nitrogens with zero attached hydrogens (tertiary/aromatic N) is 6. The molecular formula is C27H25FN6O4. The number of halogens is 1. The zero-order chi connectivity index (χ0) is 26.6. The highest BCUT2D eigenvalue weighted by Crippen LogP contribution is 2.22. The van der Waals surface area contributed by atoms with E-state index in [9.17, 15) is 14.3 Å². The van der Waals surface area contributed by atoms with Gasteiger partial charge in [-0.1, -0.05) is 6.07 Å². The van der Waals surface area contributed by atoms with E-state index in [1.165, 1.54) is 18.2 Å². The second-order valence-corrected chi connectivity index (χ2v) is 9.04. The summed E-state index contributed by atoms with van der Waals surface area (Å²) in [5.41, 5.74) is 2.05. The number of aromatic nitrogens is 4. The van der Waals surface area contributed by atoms with Gasteiger partial charge in [0, 0.05) is 26.2 Å². The molecule has 1 fully saturated rings. The molecule has 0 atom stereocenters. The van der Waals surface area contributed by atoms with Gasteiger partial charge in [-0.25, -0.2) is 24.1 Å². The lowest BCUT2D eigenvalue weighted by molar-refractivity contribution is 0.0691. The van der Waals surface area contributed by atoms with E-state index >= 15 is 0 Å². The highest BCUT2D eigenvalue weighted by molar-refractivity contribution is 5.88. The summed E-state index contributed by atoms with van der Waals surface area (Å²) in [6, 6.07) is 14.5. The molecule has 4 heterocycles. The van der Waals surface area contributed by atoms with Crippen molar-refractivity contribution in [1.82, 2.24) is 24.4 Å². The summed E-state index contributed by atoms with van der Waals surface area (Å²) in [5, 5.41) is 18.1. The number of fused-ring (bicyclic) bond motifs is 1. The Labute approximate surface area is 217 Å². The third-order valence-electron chi connectivity index (χ3n) is 6.43. The van der Waals surface area contributed by atoms with E-state index in [1.807, 2.05) is 23.8 Å². The first-order valence-electron chi connectivity index (χ1n) is 12.1. The lowest BCUT2D eigenvalue weighted by Gasteiger charge is -2.31. The Hall–Kier alpha value is -4.56. The van der Waals surface area contributed by atoms with E-state index in [1.54, 1.807) is 18.2 Å². The molecule has 3 aromatic heterocycles. The Morgan fingerprint density at radius 1 is 1.16 bits per heavy atom. The number of aromatic carboxylic acids is 1. The van der Waals surface area contributed by atoms with Gasteiger partial charge in [0.25, 0.3) is 0 Å². The smallest absolute Gasteiger partial charge is 0.354 e. The number of imidazole rings is 1. The molecule has 1 aliphatic heterocycles. The van der Waals surface area contributed by atoms with Crippen LogP contribution in [0.2, 0.25) is 0 Å². The monoisotopic (exact) mass is 516 g/mol. The van der Waals surface area contributed by atoms with Gasteiger partial charge in [-0.3, -0.25) is 4.90 Å². The van der Waals surface area contributed by atoms with Crippen molar-refractivity contribution < 1.29 is 23.8 Å². The quantitative estimate of drug-likeness (QED) is 0.373. The molecule has 1 saturated heterocycles. The summed E-state index contributed by atoms with van der Waals surface area (Å²) in [4.78, 5) is 26.9. The summed E-state index contributed by atoms with van der Waals surface area (Å²) in [5.74, 6) is -0.293. The number of piperidine rings is 1. The maximum absolute atomic E-state index is 14.1. The van der Waals surface area contributed by atoms with Crippen LogP contribution in [-0.4, -0.2) is 54.7 Å². The van der Waals surface area contributed by atoms with E-state index in [2.05, 4.69) is 19.9 Å². The van der Waals surface area contributed by atoms with Crippen LogP contribution in [0.5, 0.6) is 11.6 Å². The van der Waals surface area contributed by atoms with Crippen molar-refractivity contribution in [2.24, 2.45) is 7.05 Å². The lowest BCUT2D eigenvalue weighted by atomic mass is 10.1. The number of hydrogen-bond acceptors (Lipinski definition) is 8. The number of ether oxygens (including phenoxy) is 2. The summed E-state index contributed by atoms with van der Waals surface area (Å²) in [6.07, 6.45) is 1.63. The zero-order valence-corrected chi connectivity index (χ0v) is 20.7. The minimum absolute atomic E-state index is 0.00401. The molecule has 11 heteroatoms. The minimum atomic E-state index is -1.07. The fourth-order valence-electron chi connectivity index (χ4n) is 4.37. The van der Waals surface area contributed by atoms with Gasteiger partial charge < -0.3 is 19.1 Å². The molecule has 4 aromatic rings. The van der Waals surface area contributed by atoms with Crippen LogP contribution < -0.4 is 9.47 Å². The molecule has 1 aromatic carbocycles. The molecule has 0 radical (unpaired) electrons. The summed E-state index contributed by atoms with van der Waals surface area (Å²) in [7, 11) is 1.84. The van der Waals surface area contributed by atoms with E-state index in [4.69, 9.17) is 14.7 Å². The Balaban J connectivity index is 1.14. The van der Waals surface area contributed by atoms with Gasteiger partial charge >= 0.3 is 5.97 Å². The maximum Gasteiger partial charge on any atom is 0.354 e. The van der Waals surface area contributed by atoms with Gasteiger partial charge in [-0.2, -0.15) is 5.26 Å². The first-order chi connectivity index (χ1) is 18.4. The summed E-state index contributed by atoms with van der Waals surface area (Å²) < 4.78 is 27.6. The number of carboxylic acid groups (broad SMARTS) is 1. The number of hydrogen-bond donors (Lipinski definition) is 1. The van der Waals surface area contributed by atoms with Gasteiger partial charge in [0.05, 0.1) is 23.9 Å². The molecule has 1 N–H and O–H groups in total. The molecule has 0 aliphatic carbocycles. The van der Waals surface area contributed by atoms with Crippen LogP contribution in [0.1, 0.15) is 40.4 Å². The normalized spacial score (nSPS) is 14.3. The molecule has 0 spiro atoms. The Kier molecular flexibility index (Phi) is 7.15. The van der Waals surface area contributed by atoms with Crippen molar-refractivity contribution >= 4 is 17.1 Å². The van der Waals surface area contributed by atoms with E-state index in [0.717, 1.165) is 37.8 Å². The Morgan fingerprint density at radius 3 is 2.71 bits per heavy atom. The molecule has 0 amide bonds. The number of aryl methyl sites for hydroxylation is 1. The van der Waals surface area contributed by atoms with Crippen molar-refractivity contribution in [3.8, 4) is 17.7 Å². The van der Waals surface area contributed by atoms with Crippen LogP contribution in [0.3, 0.4) is 0 Å². The van der Waals surface area contributed by atoms with Crippen molar-refractivity contribution in [2.45, 2.75) is 32.1 Å². The van der Waals surface area contributed by atoms with Crippen LogP contribution in [-0.2, 0) is 20.2 Å². The number of nitriles is 1. The van der Waals surface area contributed by atoms with Crippen molar-refractivity contribution in [3.05, 3.63) is 77.1 Å². The molecular weight excluding hydrogens is 491 g/mol. The van der Waals surface area contributed by atoms with E-state index in [0.29, 0.717) is 29.3 Å². The number of carboxylic acids is 1. The standard InChI is InChI=1S/C27H25FN6O4/c1-33-24(31-21-6-7-22(27(35)36)32-26(21)33)15-34-11-9-19(10-12-34)38-25-4-2-3-18(30-25)16-37-23-8-5-17(14-29)13-20(23)28/h2-8,13,19H,9-12,15-16H2,1H3,(H,35,36). The van der Waals surface area contributed by atoms with Gasteiger partial charge in [0.2, 0.25) is 5.88 Å². The highest BCUT2D eigenvalue weighted by atomic mass is 19.1. The molecule has 38 heavy (non-hydrogen) atoms. The minimum Gasteiger partial charge on any atom is -0.484 e. The average Bonchev–Trinajstić information content (AvgIpc) is 3.23. The van der Waals surface area contributed by atoms with Crippen LogP contribution >= 0.6 is 0 Å². The third kappa shape index (κ3) is 5.55. The summed E-state index contributed by atoms with van der Waals surface area (Å²) in [6.45, 7) is 2.31. The second kappa shape index (κ2) is 10.8. The number of rotatable bonds is 8. The van der Waals surface area contributed by atoms with Crippen molar-refractivity contribution in [3.63, 3.8) is 0 Å². The predicted octanol–water partition coefficient (Wildman–Crippen LogP) is 3.69. The topological polar surface area (TPSA) is 126 Å². The number of likely N-dealkylation sites (tertiary alicyclic amines) is 1. The maximum atomic E-state index is 14.1. The van der Waals surface area contributed by atoms with Gasteiger partial charge in [-0.05, 0) is 49.2 Å². The fourth-order valence-corrected chi connectivity index (χ4v) is 4.37. The molecule has 194 valence electrons. The molecule has 0 bridgehead atoms. The highest BCUT2D eigenvalue weighted by Gasteiger charge is 2.23. The molecule has 1 aliphatic rings. The SMILES string of the molecule is Cn1c(CN2CCC(Oc3cccc(COc4ccc(C#N)cc4F)n3)CC2)nc2ccc(C(=O)O)nc21. The summed E-state index contributed by atoms with van der Waals surface area (Å²) >= 11 is 0. The molecule has 5 rings (SSSR count). The number of carbonyl (C=O) groups is 1. The van der Waals surface area contributed by atoms with Gasteiger partial charge in [0.15, 0.2) is 22.9 Å². The van der Waals surface area contributed by atoms with Crippen LogP contribution in [0.25, 0.3) is 11.2 Å². The zero-order valence-electron chi connectivity index (χ0n) is 20.7. The molecule has 0 unspecified atom stereocenters. The average molecular weight is 517 g/mol. The predicted molar refractivity (Wildman–Crippen MR) is 134 cm³/mol. The molecule has 0 saturated carbocycles. The van der Waals surface area contributed by atoms with Crippen LogP contribution in [0, 0.1) is 17.1 Å². The van der Waals surface area contributed by atoms with Crippen LogP contribution in [0.4, 0.5) is 4.39 Å². The number of pyridine rings is 2. The van der Waals surface area contributed by atoms with E-state index in [-0.39, 0.29) is 29.7 Å². The Bertz CT molecular complexity index is 1520. The first-order valence-corrected chi connectivity index (χ1v) is 12.1.